The molecule has 0 aliphatic carbocycles. The zero-order valence-electron chi connectivity index (χ0n) is 12.6. The molecule has 3 nitrogen and oxygen atoms in total. The van der Waals surface area contributed by atoms with Crippen molar-refractivity contribution < 1.29 is 9.50 Å². The van der Waals surface area contributed by atoms with Crippen LogP contribution in [-0.2, 0) is 6.54 Å². The third-order valence-electron chi connectivity index (χ3n) is 3.47. The molecule has 0 saturated carbocycles. The molecule has 4 heteroatoms. The highest BCUT2D eigenvalue weighted by atomic mass is 19.1. The van der Waals surface area contributed by atoms with Gasteiger partial charge in [0.25, 0.3) is 0 Å². The van der Waals surface area contributed by atoms with Crippen LogP contribution in [0.5, 0.6) is 5.75 Å². The van der Waals surface area contributed by atoms with Crippen LogP contribution in [0.25, 0.3) is 0 Å². The number of aromatic nitrogens is 1. The van der Waals surface area contributed by atoms with Crippen molar-refractivity contribution in [3.05, 3.63) is 59.2 Å². The lowest BCUT2D eigenvalue weighted by Gasteiger charge is -2.23. The molecule has 0 spiro atoms. The van der Waals surface area contributed by atoms with E-state index in [1.807, 2.05) is 6.92 Å². The summed E-state index contributed by atoms with van der Waals surface area (Å²) in [5.41, 5.74) is 2.52. The molecular formula is C17H21FN2O. The van der Waals surface area contributed by atoms with E-state index >= 15 is 0 Å². The first-order valence-corrected chi connectivity index (χ1v) is 7.11. The van der Waals surface area contributed by atoms with Crippen molar-refractivity contribution in [2.24, 2.45) is 5.92 Å². The van der Waals surface area contributed by atoms with Crippen LogP contribution >= 0.6 is 0 Å². The maximum absolute atomic E-state index is 13.0. The SMILES string of the molecule is Cc1ccc(O)c(CNC(c2ccc(F)cc2)C(C)C)n1. The molecule has 21 heavy (non-hydrogen) atoms. The van der Waals surface area contributed by atoms with Gasteiger partial charge >= 0.3 is 0 Å². The van der Waals surface area contributed by atoms with Gasteiger partial charge in [0.05, 0.1) is 5.69 Å². The molecule has 0 saturated heterocycles. The summed E-state index contributed by atoms with van der Waals surface area (Å²) in [7, 11) is 0. The monoisotopic (exact) mass is 288 g/mol. The first-order valence-electron chi connectivity index (χ1n) is 7.11. The largest absolute Gasteiger partial charge is 0.506 e. The van der Waals surface area contributed by atoms with Gasteiger partial charge in [-0.25, -0.2) is 4.39 Å². The van der Waals surface area contributed by atoms with Gasteiger partial charge in [0.2, 0.25) is 0 Å². The number of rotatable bonds is 5. The Kier molecular flexibility index (Phi) is 4.91. The number of pyridine rings is 1. The molecule has 1 heterocycles. The van der Waals surface area contributed by atoms with E-state index in [9.17, 15) is 9.50 Å². The van der Waals surface area contributed by atoms with Gasteiger partial charge in [0, 0.05) is 18.3 Å². The van der Waals surface area contributed by atoms with Gasteiger partial charge in [0.1, 0.15) is 11.6 Å². The Morgan fingerprint density at radius 2 is 1.81 bits per heavy atom. The molecule has 1 unspecified atom stereocenters. The van der Waals surface area contributed by atoms with E-state index in [0.29, 0.717) is 18.2 Å². The Balaban J connectivity index is 2.13. The van der Waals surface area contributed by atoms with Gasteiger partial charge in [-0.05, 0) is 42.7 Å². The number of hydrogen-bond acceptors (Lipinski definition) is 3. The summed E-state index contributed by atoms with van der Waals surface area (Å²) in [5, 5.41) is 13.2. The minimum Gasteiger partial charge on any atom is -0.506 e. The lowest BCUT2D eigenvalue weighted by Crippen LogP contribution is -2.26. The van der Waals surface area contributed by atoms with E-state index in [1.54, 1.807) is 24.3 Å². The summed E-state index contributed by atoms with van der Waals surface area (Å²) in [4.78, 5) is 4.34. The Bertz CT molecular complexity index is 596. The Morgan fingerprint density at radius 1 is 1.14 bits per heavy atom. The summed E-state index contributed by atoms with van der Waals surface area (Å²) in [6.45, 7) is 6.56. The topological polar surface area (TPSA) is 45.1 Å². The van der Waals surface area contributed by atoms with Crippen LogP contribution in [0, 0.1) is 18.7 Å². The molecule has 0 radical (unpaired) electrons. The summed E-state index contributed by atoms with van der Waals surface area (Å²) < 4.78 is 13.0. The maximum Gasteiger partial charge on any atom is 0.138 e. The van der Waals surface area contributed by atoms with E-state index in [0.717, 1.165) is 11.3 Å². The highest BCUT2D eigenvalue weighted by molar-refractivity contribution is 5.28. The number of hydrogen-bond donors (Lipinski definition) is 2. The predicted octanol–water partition coefficient (Wildman–Crippen LogP) is 3.72. The summed E-state index contributed by atoms with van der Waals surface area (Å²) in [5.74, 6) is 0.288. The fourth-order valence-corrected chi connectivity index (χ4v) is 2.35. The first kappa shape index (κ1) is 15.4. The van der Waals surface area contributed by atoms with Crippen LogP contribution in [0.4, 0.5) is 4.39 Å². The highest BCUT2D eigenvalue weighted by Gasteiger charge is 2.16. The third-order valence-corrected chi connectivity index (χ3v) is 3.47. The van der Waals surface area contributed by atoms with E-state index in [2.05, 4.69) is 24.1 Å². The molecule has 2 aromatic rings. The second-order valence-electron chi connectivity index (χ2n) is 5.57. The summed E-state index contributed by atoms with van der Waals surface area (Å²) in [6.07, 6.45) is 0. The van der Waals surface area contributed by atoms with Gasteiger partial charge in [-0.3, -0.25) is 4.98 Å². The molecule has 112 valence electrons. The van der Waals surface area contributed by atoms with Crippen LogP contribution < -0.4 is 5.32 Å². The second-order valence-corrected chi connectivity index (χ2v) is 5.57. The Morgan fingerprint density at radius 3 is 2.43 bits per heavy atom. The van der Waals surface area contributed by atoms with Gasteiger partial charge < -0.3 is 10.4 Å². The lowest BCUT2D eigenvalue weighted by molar-refractivity contribution is 0.398. The smallest absolute Gasteiger partial charge is 0.138 e. The van der Waals surface area contributed by atoms with Crippen LogP contribution in [0.3, 0.4) is 0 Å². The summed E-state index contributed by atoms with van der Waals surface area (Å²) in [6, 6.07) is 10.0. The van der Waals surface area contributed by atoms with Crippen LogP contribution in [-0.4, -0.2) is 10.1 Å². The molecule has 2 N–H and O–H groups in total. The van der Waals surface area contributed by atoms with Crippen LogP contribution in [0.1, 0.15) is 36.8 Å². The third kappa shape index (κ3) is 4.02. The van der Waals surface area contributed by atoms with Gasteiger partial charge in [-0.2, -0.15) is 0 Å². The number of aromatic hydroxyl groups is 1. The molecule has 2 rings (SSSR count). The average Bonchev–Trinajstić information content (AvgIpc) is 2.44. The van der Waals surface area contributed by atoms with Crippen molar-refractivity contribution >= 4 is 0 Å². The quantitative estimate of drug-likeness (QED) is 0.881. The zero-order chi connectivity index (χ0) is 15.4. The minimum atomic E-state index is -0.237. The highest BCUT2D eigenvalue weighted by Crippen LogP contribution is 2.23. The molecular weight excluding hydrogens is 267 g/mol. The number of nitrogens with zero attached hydrogens (tertiary/aromatic N) is 1. The fourth-order valence-electron chi connectivity index (χ4n) is 2.35. The molecule has 0 aliphatic rings. The molecule has 1 atom stereocenters. The van der Waals surface area contributed by atoms with Crippen molar-refractivity contribution in [2.45, 2.75) is 33.4 Å². The summed E-state index contributed by atoms with van der Waals surface area (Å²) >= 11 is 0. The van der Waals surface area contributed by atoms with Crippen LogP contribution in [0.15, 0.2) is 36.4 Å². The molecule has 0 bridgehead atoms. The molecule has 1 aromatic carbocycles. The fraction of sp³-hybridized carbons (Fsp3) is 0.353. The number of nitrogens with one attached hydrogen (secondary N) is 1. The normalized spacial score (nSPS) is 12.6. The second kappa shape index (κ2) is 6.68. The maximum atomic E-state index is 13.0. The molecule has 1 aromatic heterocycles. The van der Waals surface area contributed by atoms with Crippen molar-refractivity contribution in [1.29, 1.82) is 0 Å². The Labute approximate surface area is 124 Å². The van der Waals surface area contributed by atoms with Crippen molar-refractivity contribution in [2.75, 3.05) is 0 Å². The average molecular weight is 288 g/mol. The number of benzene rings is 1. The van der Waals surface area contributed by atoms with Crippen LogP contribution in [0.2, 0.25) is 0 Å². The van der Waals surface area contributed by atoms with Crippen molar-refractivity contribution in [3.63, 3.8) is 0 Å². The lowest BCUT2D eigenvalue weighted by atomic mass is 9.96. The molecule has 0 amide bonds. The Hall–Kier alpha value is -1.94. The standard InChI is InChI=1S/C17H21FN2O/c1-11(2)17(13-5-7-14(18)8-6-13)19-10-15-16(21)9-4-12(3)20-15/h4-9,11,17,19,21H,10H2,1-3H3. The van der Waals surface area contributed by atoms with Gasteiger partial charge in [0.15, 0.2) is 0 Å². The van der Waals surface area contributed by atoms with Crippen molar-refractivity contribution in [1.82, 2.24) is 10.3 Å². The van der Waals surface area contributed by atoms with Gasteiger partial charge in [-0.1, -0.05) is 26.0 Å². The minimum absolute atomic E-state index is 0.0762. The predicted molar refractivity (Wildman–Crippen MR) is 81.5 cm³/mol. The van der Waals surface area contributed by atoms with E-state index in [-0.39, 0.29) is 17.6 Å². The van der Waals surface area contributed by atoms with Gasteiger partial charge in [-0.15, -0.1) is 0 Å². The van der Waals surface area contributed by atoms with E-state index < -0.39 is 0 Å². The number of aryl methyl sites for hydroxylation is 1. The number of halogens is 1. The van der Waals surface area contributed by atoms with Crippen molar-refractivity contribution in [3.8, 4) is 5.75 Å². The zero-order valence-corrected chi connectivity index (χ0v) is 12.6. The van der Waals surface area contributed by atoms with E-state index in [4.69, 9.17) is 0 Å². The first-order chi connectivity index (χ1) is 9.97. The molecule has 0 aliphatic heterocycles. The molecule has 0 fully saturated rings. The van der Waals surface area contributed by atoms with E-state index in [1.165, 1.54) is 12.1 Å².